The van der Waals surface area contributed by atoms with E-state index in [0.717, 1.165) is 19.6 Å². The molecule has 0 spiro atoms. The van der Waals surface area contributed by atoms with E-state index in [4.69, 9.17) is 4.74 Å². The second-order valence-electron chi connectivity index (χ2n) is 5.78. The van der Waals surface area contributed by atoms with Crippen LogP contribution in [0.25, 0.3) is 0 Å². The van der Waals surface area contributed by atoms with E-state index < -0.39 is 0 Å². The second-order valence-corrected chi connectivity index (χ2v) is 5.78. The van der Waals surface area contributed by atoms with Crippen LogP contribution in [0.3, 0.4) is 0 Å². The third kappa shape index (κ3) is 5.25. The van der Waals surface area contributed by atoms with E-state index >= 15 is 0 Å². The molecule has 0 amide bonds. The Labute approximate surface area is 113 Å². The zero-order chi connectivity index (χ0) is 13.4. The van der Waals surface area contributed by atoms with Gasteiger partial charge in [0.25, 0.3) is 0 Å². The highest BCUT2D eigenvalue weighted by atomic mass is 16.5. The van der Waals surface area contributed by atoms with Crippen molar-refractivity contribution in [2.75, 3.05) is 33.3 Å². The SMILES string of the molecule is CCCNCCCC(C)N1CCC(C)C(OC)C1. The van der Waals surface area contributed by atoms with E-state index in [1.54, 1.807) is 0 Å². The maximum Gasteiger partial charge on any atom is 0.0724 e. The summed E-state index contributed by atoms with van der Waals surface area (Å²) in [5, 5.41) is 3.48. The van der Waals surface area contributed by atoms with Crippen LogP contribution >= 0.6 is 0 Å². The summed E-state index contributed by atoms with van der Waals surface area (Å²) < 4.78 is 5.59. The number of hydrogen-bond donors (Lipinski definition) is 1. The van der Waals surface area contributed by atoms with Gasteiger partial charge in [0.15, 0.2) is 0 Å². The Morgan fingerprint density at radius 3 is 2.83 bits per heavy atom. The zero-order valence-corrected chi connectivity index (χ0v) is 12.7. The summed E-state index contributed by atoms with van der Waals surface area (Å²) in [6.45, 7) is 11.6. The molecule has 1 aliphatic rings. The molecule has 0 aromatic heterocycles. The Balaban J connectivity index is 2.18. The molecule has 0 radical (unpaired) electrons. The van der Waals surface area contributed by atoms with Crippen molar-refractivity contribution in [2.24, 2.45) is 5.92 Å². The number of hydrogen-bond acceptors (Lipinski definition) is 3. The fourth-order valence-electron chi connectivity index (χ4n) is 2.77. The topological polar surface area (TPSA) is 24.5 Å². The van der Waals surface area contributed by atoms with Gasteiger partial charge in [-0.25, -0.2) is 0 Å². The summed E-state index contributed by atoms with van der Waals surface area (Å²) in [4.78, 5) is 2.61. The average molecular weight is 256 g/mol. The second kappa shape index (κ2) is 8.89. The zero-order valence-electron chi connectivity index (χ0n) is 12.7. The summed E-state index contributed by atoms with van der Waals surface area (Å²) in [5.74, 6) is 0.713. The Bertz CT molecular complexity index is 211. The van der Waals surface area contributed by atoms with Crippen molar-refractivity contribution in [1.82, 2.24) is 10.2 Å². The van der Waals surface area contributed by atoms with Crippen molar-refractivity contribution < 1.29 is 4.74 Å². The van der Waals surface area contributed by atoms with Gasteiger partial charge < -0.3 is 10.1 Å². The highest BCUT2D eigenvalue weighted by molar-refractivity contribution is 4.81. The fraction of sp³-hybridized carbons (Fsp3) is 1.00. The number of ether oxygens (including phenoxy) is 1. The number of rotatable bonds is 8. The molecule has 1 heterocycles. The standard InChI is InChI=1S/C15H32N2O/c1-5-9-16-10-6-7-14(3)17-11-8-13(2)15(12-17)18-4/h13-16H,5-12H2,1-4H3. The van der Waals surface area contributed by atoms with Crippen molar-refractivity contribution in [3.05, 3.63) is 0 Å². The highest BCUT2D eigenvalue weighted by Crippen LogP contribution is 2.22. The smallest absolute Gasteiger partial charge is 0.0724 e. The van der Waals surface area contributed by atoms with Gasteiger partial charge in [-0.2, -0.15) is 0 Å². The summed E-state index contributed by atoms with van der Waals surface area (Å²) in [7, 11) is 1.85. The largest absolute Gasteiger partial charge is 0.380 e. The van der Waals surface area contributed by atoms with Crippen molar-refractivity contribution in [2.45, 2.75) is 58.6 Å². The van der Waals surface area contributed by atoms with Crippen LogP contribution in [-0.2, 0) is 4.74 Å². The number of nitrogens with zero attached hydrogens (tertiary/aromatic N) is 1. The lowest BCUT2D eigenvalue weighted by atomic mass is 9.94. The molecule has 3 nitrogen and oxygen atoms in total. The lowest BCUT2D eigenvalue weighted by Crippen LogP contribution is -2.47. The number of nitrogens with one attached hydrogen (secondary N) is 1. The molecule has 1 saturated heterocycles. The average Bonchev–Trinajstić information content (AvgIpc) is 2.38. The van der Waals surface area contributed by atoms with Crippen molar-refractivity contribution >= 4 is 0 Å². The molecule has 1 N–H and O–H groups in total. The van der Waals surface area contributed by atoms with Gasteiger partial charge in [0, 0.05) is 19.7 Å². The van der Waals surface area contributed by atoms with Crippen molar-refractivity contribution in [3.8, 4) is 0 Å². The maximum absolute atomic E-state index is 5.59. The summed E-state index contributed by atoms with van der Waals surface area (Å²) >= 11 is 0. The van der Waals surface area contributed by atoms with E-state index in [1.165, 1.54) is 32.2 Å². The lowest BCUT2D eigenvalue weighted by Gasteiger charge is -2.39. The molecule has 3 heteroatoms. The van der Waals surface area contributed by atoms with E-state index in [-0.39, 0.29) is 0 Å². The van der Waals surface area contributed by atoms with Gasteiger partial charge in [-0.05, 0) is 58.2 Å². The molecular formula is C15H32N2O. The van der Waals surface area contributed by atoms with Gasteiger partial charge >= 0.3 is 0 Å². The molecule has 3 unspecified atom stereocenters. The van der Waals surface area contributed by atoms with Gasteiger partial charge in [-0.1, -0.05) is 13.8 Å². The van der Waals surface area contributed by atoms with Crippen LogP contribution in [0, 0.1) is 5.92 Å². The van der Waals surface area contributed by atoms with Gasteiger partial charge in [0.1, 0.15) is 0 Å². The van der Waals surface area contributed by atoms with Gasteiger partial charge in [0.2, 0.25) is 0 Å². The molecule has 1 fully saturated rings. The molecule has 0 saturated carbocycles. The van der Waals surface area contributed by atoms with Crippen molar-refractivity contribution in [3.63, 3.8) is 0 Å². The predicted octanol–water partition coefficient (Wildman–Crippen LogP) is 2.51. The minimum absolute atomic E-state index is 0.430. The molecule has 0 aliphatic carbocycles. The molecule has 0 aromatic carbocycles. The Morgan fingerprint density at radius 1 is 1.39 bits per heavy atom. The first-order valence-corrected chi connectivity index (χ1v) is 7.66. The molecule has 18 heavy (non-hydrogen) atoms. The quantitative estimate of drug-likeness (QED) is 0.675. The van der Waals surface area contributed by atoms with Crippen molar-refractivity contribution in [1.29, 1.82) is 0 Å². The normalized spacial score (nSPS) is 27.3. The van der Waals surface area contributed by atoms with Crippen LogP contribution in [0.4, 0.5) is 0 Å². The number of likely N-dealkylation sites (tertiary alicyclic amines) is 1. The van der Waals surface area contributed by atoms with Crippen LogP contribution in [0.5, 0.6) is 0 Å². The number of methoxy groups -OCH3 is 1. The van der Waals surface area contributed by atoms with Crippen LogP contribution in [0.15, 0.2) is 0 Å². The summed E-state index contributed by atoms with van der Waals surface area (Å²) in [5.41, 5.74) is 0. The third-order valence-corrected chi connectivity index (χ3v) is 4.25. The molecule has 0 bridgehead atoms. The first-order chi connectivity index (χ1) is 8.69. The molecule has 3 atom stereocenters. The first kappa shape index (κ1) is 15.9. The molecule has 1 aliphatic heterocycles. The first-order valence-electron chi connectivity index (χ1n) is 7.66. The minimum atomic E-state index is 0.430. The maximum atomic E-state index is 5.59. The lowest BCUT2D eigenvalue weighted by molar-refractivity contribution is -0.0178. The molecular weight excluding hydrogens is 224 g/mol. The summed E-state index contributed by atoms with van der Waals surface area (Å²) in [6.07, 6.45) is 5.51. The Morgan fingerprint density at radius 2 is 2.17 bits per heavy atom. The Hall–Kier alpha value is -0.120. The number of piperidine rings is 1. The molecule has 108 valence electrons. The van der Waals surface area contributed by atoms with Gasteiger partial charge in [0.05, 0.1) is 6.10 Å². The third-order valence-electron chi connectivity index (χ3n) is 4.25. The summed E-state index contributed by atoms with van der Waals surface area (Å²) in [6, 6.07) is 0.693. The monoisotopic (exact) mass is 256 g/mol. The van der Waals surface area contributed by atoms with Crippen LogP contribution in [0.1, 0.15) is 46.5 Å². The van der Waals surface area contributed by atoms with E-state index in [0.29, 0.717) is 18.1 Å². The minimum Gasteiger partial charge on any atom is -0.380 e. The van der Waals surface area contributed by atoms with Gasteiger partial charge in [-0.3, -0.25) is 4.90 Å². The highest BCUT2D eigenvalue weighted by Gasteiger charge is 2.28. The Kier molecular flexibility index (Phi) is 7.87. The predicted molar refractivity (Wildman–Crippen MR) is 78.0 cm³/mol. The van der Waals surface area contributed by atoms with Gasteiger partial charge in [-0.15, -0.1) is 0 Å². The molecule has 1 rings (SSSR count). The van der Waals surface area contributed by atoms with E-state index in [1.807, 2.05) is 7.11 Å². The van der Waals surface area contributed by atoms with Crippen LogP contribution < -0.4 is 5.32 Å². The van der Waals surface area contributed by atoms with E-state index in [2.05, 4.69) is 31.0 Å². The van der Waals surface area contributed by atoms with Crippen LogP contribution in [0.2, 0.25) is 0 Å². The fourth-order valence-corrected chi connectivity index (χ4v) is 2.77. The van der Waals surface area contributed by atoms with Crippen LogP contribution in [-0.4, -0.2) is 50.3 Å². The van der Waals surface area contributed by atoms with E-state index in [9.17, 15) is 0 Å². The molecule has 0 aromatic rings.